The van der Waals surface area contributed by atoms with Crippen LogP contribution >= 0.6 is 27.3 Å². The Labute approximate surface area is 71.8 Å². The van der Waals surface area contributed by atoms with E-state index in [4.69, 9.17) is 0 Å². The molecular formula is C6H7BrN2S. The zero-order chi connectivity index (χ0) is 6.97. The Kier molecular flexibility index (Phi) is 1.74. The molecule has 0 spiro atoms. The lowest BCUT2D eigenvalue weighted by Gasteiger charge is -2.21. The lowest BCUT2D eigenvalue weighted by molar-refractivity contribution is 0.416. The third-order valence-corrected chi connectivity index (χ3v) is 3.39. The van der Waals surface area contributed by atoms with Crippen molar-refractivity contribution < 1.29 is 0 Å². The van der Waals surface area contributed by atoms with Crippen LogP contribution in [0.5, 0.6) is 0 Å². The molecule has 0 atom stereocenters. The van der Waals surface area contributed by atoms with Crippen molar-refractivity contribution in [3.63, 3.8) is 0 Å². The van der Waals surface area contributed by atoms with E-state index >= 15 is 0 Å². The highest BCUT2D eigenvalue weighted by Crippen LogP contribution is 2.38. The van der Waals surface area contributed by atoms with Crippen LogP contribution in [0.2, 0.25) is 0 Å². The maximum absolute atomic E-state index is 4.06. The molecular weight excluding hydrogens is 212 g/mol. The maximum Gasteiger partial charge on any atom is 0.183 e. The number of halogens is 1. The van der Waals surface area contributed by atoms with Gasteiger partial charge in [-0.1, -0.05) is 17.8 Å². The van der Waals surface area contributed by atoms with E-state index in [-0.39, 0.29) is 0 Å². The largest absolute Gasteiger partial charge is 0.183 e. The predicted octanol–water partition coefficient (Wildman–Crippen LogP) is 2.57. The Morgan fingerprint density at radius 2 is 2.20 bits per heavy atom. The molecule has 2 rings (SSSR count). The summed E-state index contributed by atoms with van der Waals surface area (Å²) in [6.07, 6.45) is 3.98. The molecule has 0 radical (unpaired) electrons. The molecule has 1 heterocycles. The van der Waals surface area contributed by atoms with Gasteiger partial charge in [0.25, 0.3) is 0 Å². The van der Waals surface area contributed by atoms with Crippen LogP contribution in [0, 0.1) is 0 Å². The minimum absolute atomic E-state index is 0.726. The molecule has 0 bridgehead atoms. The first-order chi connectivity index (χ1) is 4.86. The van der Waals surface area contributed by atoms with E-state index in [1.165, 1.54) is 24.3 Å². The topological polar surface area (TPSA) is 25.8 Å². The second kappa shape index (κ2) is 2.58. The van der Waals surface area contributed by atoms with Crippen molar-refractivity contribution in [2.75, 3.05) is 0 Å². The SMILES string of the molecule is Brc1nnc(C2CCC2)s1. The standard InChI is InChI=1S/C6H7BrN2S/c7-6-9-8-5(10-6)4-2-1-3-4/h4H,1-3H2. The van der Waals surface area contributed by atoms with Crippen molar-refractivity contribution in [2.24, 2.45) is 0 Å². The van der Waals surface area contributed by atoms with Gasteiger partial charge in [-0.3, -0.25) is 0 Å². The summed E-state index contributed by atoms with van der Waals surface area (Å²) in [5.41, 5.74) is 0. The molecule has 54 valence electrons. The Balaban J connectivity index is 2.17. The van der Waals surface area contributed by atoms with Crippen LogP contribution in [0.1, 0.15) is 30.2 Å². The number of hydrogen-bond donors (Lipinski definition) is 0. The summed E-state index contributed by atoms with van der Waals surface area (Å²) in [6.45, 7) is 0. The van der Waals surface area contributed by atoms with E-state index in [1.54, 1.807) is 11.3 Å². The minimum atomic E-state index is 0.726. The number of nitrogens with zero attached hydrogens (tertiary/aromatic N) is 2. The van der Waals surface area contributed by atoms with Gasteiger partial charge in [-0.2, -0.15) is 0 Å². The summed E-state index contributed by atoms with van der Waals surface area (Å²) in [5, 5.41) is 9.17. The Morgan fingerprint density at radius 3 is 2.60 bits per heavy atom. The second-order valence-electron chi connectivity index (χ2n) is 2.52. The van der Waals surface area contributed by atoms with Gasteiger partial charge in [0.15, 0.2) is 3.92 Å². The molecule has 1 saturated carbocycles. The van der Waals surface area contributed by atoms with Crippen molar-refractivity contribution in [1.82, 2.24) is 10.2 Å². The molecule has 0 saturated heterocycles. The van der Waals surface area contributed by atoms with Crippen molar-refractivity contribution in [3.05, 3.63) is 8.92 Å². The van der Waals surface area contributed by atoms with Crippen molar-refractivity contribution in [2.45, 2.75) is 25.2 Å². The summed E-state index contributed by atoms with van der Waals surface area (Å²) >= 11 is 4.96. The molecule has 1 aliphatic carbocycles. The van der Waals surface area contributed by atoms with Gasteiger partial charge in [0.1, 0.15) is 5.01 Å². The van der Waals surface area contributed by atoms with Gasteiger partial charge in [-0.15, -0.1) is 10.2 Å². The highest BCUT2D eigenvalue weighted by molar-refractivity contribution is 9.11. The Bertz CT molecular complexity index is 231. The summed E-state index contributed by atoms with van der Waals surface area (Å²) in [5.74, 6) is 0.726. The normalized spacial score (nSPS) is 18.9. The average molecular weight is 219 g/mol. The first kappa shape index (κ1) is 6.73. The molecule has 1 aromatic rings. The lowest BCUT2D eigenvalue weighted by Crippen LogP contribution is -2.07. The number of aromatic nitrogens is 2. The van der Waals surface area contributed by atoms with Crippen molar-refractivity contribution >= 4 is 27.3 Å². The fourth-order valence-corrected chi connectivity index (χ4v) is 2.35. The Morgan fingerprint density at radius 1 is 1.40 bits per heavy atom. The minimum Gasteiger partial charge on any atom is -0.142 e. The average Bonchev–Trinajstić information content (AvgIpc) is 2.10. The molecule has 0 unspecified atom stereocenters. The van der Waals surface area contributed by atoms with Crippen LogP contribution in [0.4, 0.5) is 0 Å². The van der Waals surface area contributed by atoms with E-state index in [0.29, 0.717) is 0 Å². The summed E-state index contributed by atoms with van der Waals surface area (Å²) in [7, 11) is 0. The predicted molar refractivity (Wildman–Crippen MR) is 44.2 cm³/mol. The zero-order valence-corrected chi connectivity index (χ0v) is 7.78. The summed E-state index contributed by atoms with van der Waals surface area (Å²) < 4.78 is 0.911. The van der Waals surface area contributed by atoms with Gasteiger partial charge in [-0.05, 0) is 28.8 Å². The highest BCUT2D eigenvalue weighted by Gasteiger charge is 2.22. The molecule has 0 N–H and O–H groups in total. The van der Waals surface area contributed by atoms with E-state index in [1.807, 2.05) is 0 Å². The van der Waals surface area contributed by atoms with Gasteiger partial charge in [-0.25, -0.2) is 0 Å². The molecule has 0 amide bonds. The molecule has 1 fully saturated rings. The second-order valence-corrected chi connectivity index (χ2v) is 4.81. The smallest absolute Gasteiger partial charge is 0.142 e. The summed E-state index contributed by atoms with van der Waals surface area (Å²) in [6, 6.07) is 0. The van der Waals surface area contributed by atoms with Crippen LogP contribution < -0.4 is 0 Å². The number of hydrogen-bond acceptors (Lipinski definition) is 3. The monoisotopic (exact) mass is 218 g/mol. The van der Waals surface area contributed by atoms with Crippen LogP contribution in [0.15, 0.2) is 3.92 Å². The van der Waals surface area contributed by atoms with Gasteiger partial charge >= 0.3 is 0 Å². The zero-order valence-electron chi connectivity index (χ0n) is 5.38. The van der Waals surface area contributed by atoms with Crippen molar-refractivity contribution in [3.8, 4) is 0 Å². The fourth-order valence-electron chi connectivity index (χ4n) is 1.04. The third kappa shape index (κ3) is 1.10. The van der Waals surface area contributed by atoms with Crippen LogP contribution in [-0.2, 0) is 0 Å². The van der Waals surface area contributed by atoms with Crippen LogP contribution in [0.25, 0.3) is 0 Å². The quantitative estimate of drug-likeness (QED) is 0.725. The van der Waals surface area contributed by atoms with Crippen LogP contribution in [-0.4, -0.2) is 10.2 Å². The van der Waals surface area contributed by atoms with Crippen LogP contribution in [0.3, 0.4) is 0 Å². The van der Waals surface area contributed by atoms with Gasteiger partial charge in [0.2, 0.25) is 0 Å². The highest BCUT2D eigenvalue weighted by atomic mass is 79.9. The van der Waals surface area contributed by atoms with E-state index in [9.17, 15) is 0 Å². The maximum atomic E-state index is 4.06. The summed E-state index contributed by atoms with van der Waals surface area (Å²) in [4.78, 5) is 0. The van der Waals surface area contributed by atoms with E-state index in [0.717, 1.165) is 9.83 Å². The first-order valence-electron chi connectivity index (χ1n) is 3.35. The lowest BCUT2D eigenvalue weighted by atomic mass is 9.86. The molecule has 1 aromatic heterocycles. The molecule has 0 aromatic carbocycles. The molecule has 1 aliphatic rings. The van der Waals surface area contributed by atoms with E-state index in [2.05, 4.69) is 26.1 Å². The molecule has 4 heteroatoms. The van der Waals surface area contributed by atoms with Gasteiger partial charge < -0.3 is 0 Å². The first-order valence-corrected chi connectivity index (χ1v) is 4.96. The van der Waals surface area contributed by atoms with Gasteiger partial charge in [0, 0.05) is 5.92 Å². The molecule has 2 nitrogen and oxygen atoms in total. The third-order valence-electron chi connectivity index (χ3n) is 1.87. The molecule has 0 aliphatic heterocycles. The van der Waals surface area contributed by atoms with E-state index < -0.39 is 0 Å². The molecule has 10 heavy (non-hydrogen) atoms. The number of rotatable bonds is 1. The Hall–Kier alpha value is 0.0400. The van der Waals surface area contributed by atoms with Gasteiger partial charge in [0.05, 0.1) is 0 Å². The fraction of sp³-hybridized carbons (Fsp3) is 0.667. The van der Waals surface area contributed by atoms with Crippen molar-refractivity contribution in [1.29, 1.82) is 0 Å².